The van der Waals surface area contributed by atoms with Crippen molar-refractivity contribution in [3.05, 3.63) is 29.6 Å². The van der Waals surface area contributed by atoms with E-state index in [4.69, 9.17) is 4.74 Å². The van der Waals surface area contributed by atoms with Gasteiger partial charge >= 0.3 is 5.97 Å². The molecular weight excluding hydrogens is 349 g/mol. The third-order valence-corrected chi connectivity index (χ3v) is 4.97. The van der Waals surface area contributed by atoms with Gasteiger partial charge in [-0.05, 0) is 17.7 Å². The van der Waals surface area contributed by atoms with Crippen LogP contribution in [0.25, 0.3) is 5.57 Å². The van der Waals surface area contributed by atoms with Crippen LogP contribution in [0.3, 0.4) is 0 Å². The Labute approximate surface area is 146 Å². The highest BCUT2D eigenvalue weighted by molar-refractivity contribution is 7.85. The van der Waals surface area contributed by atoms with Gasteiger partial charge in [-0.3, -0.25) is 18.6 Å². The highest BCUT2D eigenvalue weighted by Gasteiger charge is 2.33. The van der Waals surface area contributed by atoms with Crippen molar-refractivity contribution in [2.45, 2.75) is 13.8 Å². The minimum Gasteiger partial charge on any atom is -0.424 e. The van der Waals surface area contributed by atoms with Crippen molar-refractivity contribution in [2.75, 3.05) is 23.9 Å². The predicted octanol–water partition coefficient (Wildman–Crippen LogP) is 0.889. The van der Waals surface area contributed by atoms with Crippen molar-refractivity contribution in [2.24, 2.45) is 5.92 Å². The Morgan fingerprint density at radius 3 is 2.72 bits per heavy atom. The minimum atomic E-state index is -1.93. The molecule has 1 aromatic rings. The largest absolute Gasteiger partial charge is 0.424 e. The molecule has 1 aromatic carbocycles. The van der Waals surface area contributed by atoms with Crippen LogP contribution < -0.4 is 19.1 Å². The number of rotatable bonds is 4. The fourth-order valence-corrected chi connectivity index (χ4v) is 3.49. The summed E-state index contributed by atoms with van der Waals surface area (Å²) in [6, 6.07) is 2.99. The molecule has 2 heterocycles. The van der Waals surface area contributed by atoms with Crippen LogP contribution in [0.4, 0.5) is 10.1 Å². The number of carbonyl (C=O) groups is 2. The first-order valence-electron chi connectivity index (χ1n) is 7.81. The van der Waals surface area contributed by atoms with E-state index in [2.05, 4.69) is 10.0 Å². The molecule has 2 aliphatic rings. The SMILES string of the molecule is CC(C)C(=O)Oc1ccc(C2=CCNC2)c(F)c1N1CC(=O)NS1=O. The third kappa shape index (κ3) is 3.42. The first kappa shape index (κ1) is 17.6. The van der Waals surface area contributed by atoms with E-state index in [-0.39, 0.29) is 18.0 Å². The van der Waals surface area contributed by atoms with E-state index >= 15 is 4.39 Å². The number of ether oxygens (including phenoxy) is 1. The smallest absolute Gasteiger partial charge is 0.313 e. The van der Waals surface area contributed by atoms with Crippen molar-refractivity contribution in [1.82, 2.24) is 10.0 Å². The molecule has 0 radical (unpaired) electrons. The first-order valence-corrected chi connectivity index (χ1v) is 8.92. The van der Waals surface area contributed by atoms with Crippen LogP contribution in [0.2, 0.25) is 0 Å². The molecular formula is C16H18FN3O4S. The summed E-state index contributed by atoms with van der Waals surface area (Å²) in [4.78, 5) is 23.5. The van der Waals surface area contributed by atoms with Gasteiger partial charge in [0.25, 0.3) is 5.91 Å². The molecule has 9 heteroatoms. The summed E-state index contributed by atoms with van der Waals surface area (Å²) in [5.41, 5.74) is 0.918. The molecule has 1 amide bonds. The first-order chi connectivity index (χ1) is 11.9. The molecule has 1 fully saturated rings. The Morgan fingerprint density at radius 2 is 2.16 bits per heavy atom. The van der Waals surface area contributed by atoms with Gasteiger partial charge in [0.1, 0.15) is 12.2 Å². The third-order valence-electron chi connectivity index (χ3n) is 3.85. The molecule has 1 saturated heterocycles. The summed E-state index contributed by atoms with van der Waals surface area (Å²) in [5, 5.41) is 3.08. The second kappa shape index (κ2) is 6.93. The molecule has 2 aliphatic heterocycles. The minimum absolute atomic E-state index is 0.0589. The second-order valence-corrected chi connectivity index (χ2v) is 7.16. The molecule has 25 heavy (non-hydrogen) atoms. The van der Waals surface area contributed by atoms with Crippen molar-refractivity contribution in [3.63, 3.8) is 0 Å². The topological polar surface area (TPSA) is 87.7 Å². The lowest BCUT2D eigenvalue weighted by Gasteiger charge is -2.20. The van der Waals surface area contributed by atoms with E-state index in [0.29, 0.717) is 18.7 Å². The second-order valence-electron chi connectivity index (χ2n) is 6.02. The number of esters is 1. The number of hydrogen-bond acceptors (Lipinski definition) is 5. The van der Waals surface area contributed by atoms with Crippen molar-refractivity contribution in [1.29, 1.82) is 0 Å². The maximum absolute atomic E-state index is 15.2. The summed E-state index contributed by atoms with van der Waals surface area (Å²) in [6.07, 6.45) is 1.85. The number of carbonyl (C=O) groups excluding carboxylic acids is 2. The normalized spacial score (nSPS) is 20.0. The van der Waals surface area contributed by atoms with Gasteiger partial charge in [0.15, 0.2) is 11.6 Å². The molecule has 0 saturated carbocycles. The molecule has 1 unspecified atom stereocenters. The lowest BCUT2D eigenvalue weighted by atomic mass is 10.0. The molecule has 0 aliphatic carbocycles. The van der Waals surface area contributed by atoms with E-state index < -0.39 is 34.8 Å². The summed E-state index contributed by atoms with van der Waals surface area (Å²) in [6.45, 7) is 4.16. The van der Waals surface area contributed by atoms with Crippen LogP contribution in [0, 0.1) is 11.7 Å². The van der Waals surface area contributed by atoms with E-state index in [1.54, 1.807) is 13.8 Å². The fourth-order valence-electron chi connectivity index (χ4n) is 2.55. The lowest BCUT2D eigenvalue weighted by molar-refractivity contribution is -0.137. The zero-order chi connectivity index (χ0) is 18.1. The Kier molecular flexibility index (Phi) is 4.87. The number of anilines is 1. The van der Waals surface area contributed by atoms with Gasteiger partial charge in [-0.1, -0.05) is 19.9 Å². The standard InChI is InChI=1S/C16H18FN3O4S/c1-9(2)16(22)24-12-4-3-11(10-5-6-18-7-10)14(17)15(12)20-8-13(21)19-25(20)23/h3-5,9,18H,6-8H2,1-2H3,(H,19,21). The number of nitrogens with one attached hydrogen (secondary N) is 2. The van der Waals surface area contributed by atoms with Gasteiger partial charge in [-0.2, -0.15) is 0 Å². The number of hydrogen-bond donors (Lipinski definition) is 2. The monoisotopic (exact) mass is 367 g/mol. The number of halogens is 1. The highest BCUT2D eigenvalue weighted by atomic mass is 32.2. The zero-order valence-corrected chi connectivity index (χ0v) is 14.6. The van der Waals surface area contributed by atoms with Crippen molar-refractivity contribution < 1.29 is 22.9 Å². The van der Waals surface area contributed by atoms with Crippen LogP contribution in [0.1, 0.15) is 19.4 Å². The molecule has 3 rings (SSSR count). The van der Waals surface area contributed by atoms with Gasteiger partial charge in [-0.15, -0.1) is 0 Å². The number of nitrogens with zero attached hydrogens (tertiary/aromatic N) is 1. The molecule has 134 valence electrons. The van der Waals surface area contributed by atoms with Crippen LogP contribution in [-0.4, -0.2) is 35.7 Å². The average molecular weight is 367 g/mol. The Balaban J connectivity index is 2.08. The zero-order valence-electron chi connectivity index (χ0n) is 13.8. The maximum Gasteiger partial charge on any atom is 0.313 e. The molecule has 1 atom stereocenters. The maximum atomic E-state index is 15.2. The van der Waals surface area contributed by atoms with E-state index in [1.165, 1.54) is 12.1 Å². The lowest BCUT2D eigenvalue weighted by Crippen LogP contribution is -2.26. The summed E-state index contributed by atoms with van der Waals surface area (Å²) in [5.74, 6) is -2.18. The van der Waals surface area contributed by atoms with Crippen molar-refractivity contribution >= 4 is 34.3 Å². The molecule has 2 N–H and O–H groups in total. The van der Waals surface area contributed by atoms with Crippen molar-refractivity contribution in [3.8, 4) is 5.75 Å². The predicted molar refractivity (Wildman–Crippen MR) is 91.4 cm³/mol. The molecule has 0 spiro atoms. The highest BCUT2D eigenvalue weighted by Crippen LogP contribution is 2.38. The van der Waals surface area contributed by atoms with Gasteiger partial charge in [0.2, 0.25) is 11.2 Å². The molecule has 0 aromatic heterocycles. The fraction of sp³-hybridized carbons (Fsp3) is 0.375. The number of amides is 1. The van der Waals surface area contributed by atoms with Crippen LogP contribution in [-0.2, 0) is 20.8 Å². The van der Waals surface area contributed by atoms with E-state index in [1.807, 2.05) is 6.08 Å². The van der Waals surface area contributed by atoms with Crippen LogP contribution >= 0.6 is 0 Å². The Hall–Kier alpha value is -2.26. The Morgan fingerprint density at radius 1 is 1.40 bits per heavy atom. The molecule has 7 nitrogen and oxygen atoms in total. The quantitative estimate of drug-likeness (QED) is 0.610. The summed E-state index contributed by atoms with van der Waals surface area (Å²) < 4.78 is 35.9. The van der Waals surface area contributed by atoms with Gasteiger partial charge < -0.3 is 10.1 Å². The van der Waals surface area contributed by atoms with E-state index in [0.717, 1.165) is 9.88 Å². The van der Waals surface area contributed by atoms with Gasteiger partial charge in [0.05, 0.1) is 5.92 Å². The van der Waals surface area contributed by atoms with E-state index in [9.17, 15) is 13.8 Å². The van der Waals surface area contributed by atoms with Gasteiger partial charge in [-0.25, -0.2) is 8.60 Å². The Bertz CT molecular complexity index is 794. The molecule has 0 bridgehead atoms. The average Bonchev–Trinajstić information content (AvgIpc) is 3.17. The van der Waals surface area contributed by atoms with Crippen LogP contribution in [0.15, 0.2) is 18.2 Å². The van der Waals surface area contributed by atoms with Crippen LogP contribution in [0.5, 0.6) is 5.75 Å². The number of benzene rings is 1. The summed E-state index contributed by atoms with van der Waals surface area (Å²) >= 11 is -1.93. The summed E-state index contributed by atoms with van der Waals surface area (Å²) in [7, 11) is 0. The van der Waals surface area contributed by atoms with Gasteiger partial charge in [0, 0.05) is 18.7 Å².